The van der Waals surface area contributed by atoms with Gasteiger partial charge in [-0.25, -0.2) is 9.78 Å². The fraction of sp³-hybridized carbons (Fsp3) is 0.381. The van der Waals surface area contributed by atoms with Gasteiger partial charge in [0, 0.05) is 0 Å². The molecule has 7 nitrogen and oxygen atoms in total. The summed E-state index contributed by atoms with van der Waals surface area (Å²) in [6, 6.07) is 9.66. The molecule has 1 N–H and O–H groups in total. The van der Waals surface area contributed by atoms with Gasteiger partial charge in [-0.2, -0.15) is 0 Å². The first-order valence-corrected chi connectivity index (χ1v) is 10.2. The number of carbonyl (C=O) groups is 1. The number of aliphatic hydroxyl groups excluding tert-OH is 1. The molecule has 0 amide bonds. The van der Waals surface area contributed by atoms with Gasteiger partial charge in [0.2, 0.25) is 0 Å². The molecule has 0 saturated heterocycles. The number of aliphatic hydroxyl groups is 1. The number of hydrogen-bond donors (Lipinski definition) is 1. The molecular formula is C21H24N2O5S. The lowest BCUT2D eigenvalue weighted by Gasteiger charge is -2.15. The lowest BCUT2D eigenvalue weighted by molar-refractivity contribution is 0.0195. The van der Waals surface area contributed by atoms with Gasteiger partial charge in [-0.15, -0.1) is 11.3 Å². The number of fused-ring (bicyclic) bond motifs is 1. The van der Waals surface area contributed by atoms with E-state index in [1.165, 1.54) is 4.57 Å². The van der Waals surface area contributed by atoms with E-state index in [0.717, 1.165) is 16.9 Å². The zero-order valence-electron chi connectivity index (χ0n) is 16.7. The summed E-state index contributed by atoms with van der Waals surface area (Å²) in [6.45, 7) is 5.96. The first-order chi connectivity index (χ1) is 13.9. The summed E-state index contributed by atoms with van der Waals surface area (Å²) in [5.74, 6) is 0.0206. The number of hydrogen-bond acceptors (Lipinski definition) is 7. The molecule has 1 unspecified atom stereocenters. The predicted octanol–water partition coefficient (Wildman–Crippen LogP) is 2.83. The highest BCUT2D eigenvalue weighted by Crippen LogP contribution is 2.28. The molecule has 0 bridgehead atoms. The maximum Gasteiger partial charge on any atom is 0.348 e. The van der Waals surface area contributed by atoms with Crippen molar-refractivity contribution in [1.82, 2.24) is 9.55 Å². The Kier molecular flexibility index (Phi) is 6.79. The largest absolute Gasteiger partial charge is 0.462 e. The molecule has 154 valence electrons. The molecule has 8 heteroatoms. The molecule has 3 rings (SSSR count). The van der Waals surface area contributed by atoms with Gasteiger partial charge < -0.3 is 14.6 Å². The van der Waals surface area contributed by atoms with Crippen molar-refractivity contribution in [1.29, 1.82) is 0 Å². The minimum Gasteiger partial charge on any atom is -0.462 e. The van der Waals surface area contributed by atoms with Crippen molar-refractivity contribution in [2.45, 2.75) is 40.0 Å². The zero-order valence-corrected chi connectivity index (χ0v) is 17.5. The number of carbonyl (C=O) groups excluding carboxylic acids is 1. The third kappa shape index (κ3) is 4.72. The lowest BCUT2D eigenvalue weighted by Crippen LogP contribution is -2.31. The van der Waals surface area contributed by atoms with Gasteiger partial charge in [0.1, 0.15) is 15.5 Å². The first-order valence-electron chi connectivity index (χ1n) is 9.39. The number of esters is 1. The second-order valence-corrected chi connectivity index (χ2v) is 7.69. The van der Waals surface area contributed by atoms with E-state index in [4.69, 9.17) is 9.47 Å². The summed E-state index contributed by atoms with van der Waals surface area (Å²) in [5.41, 5.74) is 1.29. The Morgan fingerprint density at radius 1 is 1.28 bits per heavy atom. The molecule has 2 heterocycles. The third-order valence-electron chi connectivity index (χ3n) is 4.52. The van der Waals surface area contributed by atoms with Crippen LogP contribution in [0.25, 0.3) is 10.2 Å². The van der Waals surface area contributed by atoms with Crippen molar-refractivity contribution >= 4 is 27.5 Å². The van der Waals surface area contributed by atoms with E-state index in [-0.39, 0.29) is 25.3 Å². The molecule has 0 aliphatic heterocycles. The van der Waals surface area contributed by atoms with Crippen molar-refractivity contribution in [2.75, 3.05) is 13.2 Å². The number of benzene rings is 1. The van der Waals surface area contributed by atoms with Gasteiger partial charge in [-0.3, -0.25) is 9.36 Å². The van der Waals surface area contributed by atoms with Crippen LogP contribution in [-0.4, -0.2) is 39.9 Å². The minimum atomic E-state index is -0.863. The molecule has 0 fully saturated rings. The Labute approximate surface area is 172 Å². The monoisotopic (exact) mass is 416 g/mol. The summed E-state index contributed by atoms with van der Waals surface area (Å²) >= 11 is 1.15. The topological polar surface area (TPSA) is 90.7 Å². The molecule has 0 spiro atoms. The summed E-state index contributed by atoms with van der Waals surface area (Å²) in [7, 11) is 0. The highest BCUT2D eigenvalue weighted by Gasteiger charge is 2.22. The third-order valence-corrected chi connectivity index (χ3v) is 5.68. The van der Waals surface area contributed by atoms with Gasteiger partial charge in [-0.1, -0.05) is 30.3 Å². The van der Waals surface area contributed by atoms with E-state index in [0.29, 0.717) is 33.1 Å². The molecule has 3 aromatic rings. The predicted molar refractivity (Wildman–Crippen MR) is 111 cm³/mol. The van der Waals surface area contributed by atoms with Crippen LogP contribution in [0.2, 0.25) is 0 Å². The standard InChI is InChI=1S/C21H24N2O5S/c1-4-28-21(26)18-13(2)17-19(29-18)22-14(3)23(20(17)25)10-16(24)12-27-11-15-8-6-5-7-9-15/h5-9,16,24H,4,10-12H2,1-3H3. The smallest absolute Gasteiger partial charge is 0.348 e. The number of aromatic nitrogens is 2. The van der Waals surface area contributed by atoms with Crippen molar-refractivity contribution < 1.29 is 19.4 Å². The van der Waals surface area contributed by atoms with Crippen LogP contribution in [0.4, 0.5) is 0 Å². The molecule has 2 aromatic heterocycles. The average Bonchev–Trinajstić information content (AvgIpc) is 3.02. The summed E-state index contributed by atoms with van der Waals surface area (Å²) in [4.78, 5) is 30.5. The highest BCUT2D eigenvalue weighted by molar-refractivity contribution is 7.20. The second-order valence-electron chi connectivity index (χ2n) is 6.69. The molecule has 0 saturated carbocycles. The van der Waals surface area contributed by atoms with Crippen LogP contribution in [0.1, 0.15) is 33.5 Å². The molecule has 0 aliphatic carbocycles. The van der Waals surface area contributed by atoms with E-state index >= 15 is 0 Å². The zero-order chi connectivity index (χ0) is 21.0. The molecule has 1 atom stereocenters. The van der Waals surface area contributed by atoms with Crippen LogP contribution in [0.3, 0.4) is 0 Å². The first kappa shape index (κ1) is 21.2. The molecule has 1 aromatic carbocycles. The molecule has 0 radical (unpaired) electrons. The fourth-order valence-corrected chi connectivity index (χ4v) is 4.19. The van der Waals surface area contributed by atoms with Gasteiger partial charge in [0.25, 0.3) is 5.56 Å². The quantitative estimate of drug-likeness (QED) is 0.568. The minimum absolute atomic E-state index is 0.0619. The number of ether oxygens (including phenoxy) is 2. The Bertz CT molecular complexity index is 1060. The Balaban J connectivity index is 1.77. The van der Waals surface area contributed by atoms with Crippen molar-refractivity contribution in [3.8, 4) is 0 Å². The Hall–Kier alpha value is -2.55. The maximum absolute atomic E-state index is 13.0. The molecule has 0 aliphatic rings. The summed E-state index contributed by atoms with van der Waals surface area (Å²) < 4.78 is 12.0. The van der Waals surface area contributed by atoms with Gasteiger partial charge in [-0.05, 0) is 31.9 Å². The normalized spacial score (nSPS) is 12.3. The SMILES string of the molecule is CCOC(=O)c1sc2nc(C)n(CC(O)COCc3ccccc3)c(=O)c2c1C. The molecule has 29 heavy (non-hydrogen) atoms. The number of rotatable bonds is 8. The van der Waals surface area contributed by atoms with E-state index in [1.54, 1.807) is 20.8 Å². The van der Waals surface area contributed by atoms with E-state index < -0.39 is 12.1 Å². The van der Waals surface area contributed by atoms with Crippen LogP contribution >= 0.6 is 11.3 Å². The van der Waals surface area contributed by atoms with Crippen LogP contribution in [-0.2, 0) is 22.6 Å². The van der Waals surface area contributed by atoms with Crippen molar-refractivity contribution in [3.63, 3.8) is 0 Å². The van der Waals surface area contributed by atoms with Gasteiger partial charge in [0.05, 0.1) is 37.9 Å². The van der Waals surface area contributed by atoms with E-state index in [2.05, 4.69) is 4.98 Å². The van der Waals surface area contributed by atoms with Crippen molar-refractivity contribution in [2.24, 2.45) is 0 Å². The average molecular weight is 416 g/mol. The second kappa shape index (κ2) is 9.30. The van der Waals surface area contributed by atoms with Crippen LogP contribution in [0.15, 0.2) is 35.1 Å². The summed E-state index contributed by atoms with van der Waals surface area (Å²) in [6.07, 6.45) is -0.863. The van der Waals surface area contributed by atoms with Crippen molar-refractivity contribution in [3.05, 3.63) is 62.5 Å². The maximum atomic E-state index is 13.0. The number of aryl methyl sites for hydroxylation is 2. The number of thiophene rings is 1. The van der Waals surface area contributed by atoms with Crippen LogP contribution < -0.4 is 5.56 Å². The fourth-order valence-electron chi connectivity index (χ4n) is 3.07. The Morgan fingerprint density at radius 3 is 2.69 bits per heavy atom. The van der Waals surface area contributed by atoms with Gasteiger partial charge in [0.15, 0.2) is 0 Å². The lowest BCUT2D eigenvalue weighted by atomic mass is 10.2. The Morgan fingerprint density at radius 2 is 2.00 bits per heavy atom. The van der Waals surface area contributed by atoms with E-state index in [1.807, 2.05) is 30.3 Å². The van der Waals surface area contributed by atoms with E-state index in [9.17, 15) is 14.7 Å². The van der Waals surface area contributed by atoms with Crippen LogP contribution in [0.5, 0.6) is 0 Å². The van der Waals surface area contributed by atoms with Crippen LogP contribution in [0, 0.1) is 13.8 Å². The van der Waals surface area contributed by atoms with Gasteiger partial charge >= 0.3 is 5.97 Å². The molecular weight excluding hydrogens is 392 g/mol. The number of nitrogens with zero attached hydrogens (tertiary/aromatic N) is 2. The summed E-state index contributed by atoms with van der Waals surface area (Å²) in [5, 5.41) is 10.7. The highest BCUT2D eigenvalue weighted by atomic mass is 32.1.